The molecule has 1 aromatic rings. The van der Waals surface area contributed by atoms with Gasteiger partial charge in [-0.05, 0) is 24.6 Å². The molecular weight excluding hydrogens is 401 g/mol. The normalized spacial score (nSPS) is 20.3. The van der Waals surface area contributed by atoms with E-state index in [9.17, 15) is 22.8 Å². The number of allylic oxidation sites excluding steroid dienone is 1. The highest BCUT2D eigenvalue weighted by Crippen LogP contribution is 2.38. The summed E-state index contributed by atoms with van der Waals surface area (Å²) in [5.74, 6) is -1.34. The molecule has 2 aliphatic heterocycles. The topological polar surface area (TPSA) is 88.2 Å². The van der Waals surface area contributed by atoms with Crippen LogP contribution in [-0.2, 0) is 14.3 Å². The van der Waals surface area contributed by atoms with Crippen molar-refractivity contribution in [3.05, 3.63) is 30.0 Å². The number of aliphatic imine (C=N–C) groups is 1. The van der Waals surface area contributed by atoms with Crippen molar-refractivity contribution in [1.82, 2.24) is 0 Å². The van der Waals surface area contributed by atoms with Crippen LogP contribution in [0.1, 0.15) is 25.8 Å². The van der Waals surface area contributed by atoms with Gasteiger partial charge in [0.05, 0.1) is 36.7 Å². The average molecular weight is 424 g/mol. The molecule has 0 aromatic heterocycles. The summed E-state index contributed by atoms with van der Waals surface area (Å²) in [6.45, 7) is 4.05. The van der Waals surface area contributed by atoms with Crippen LogP contribution in [0.3, 0.4) is 0 Å². The van der Waals surface area contributed by atoms with Gasteiger partial charge in [-0.25, -0.2) is 0 Å². The van der Waals surface area contributed by atoms with E-state index in [2.05, 4.69) is 4.99 Å². The van der Waals surface area contributed by atoms with E-state index in [-0.39, 0.29) is 24.2 Å². The molecule has 0 radical (unpaired) electrons. The lowest BCUT2D eigenvalue weighted by Gasteiger charge is -2.41. The van der Waals surface area contributed by atoms with Gasteiger partial charge in [-0.15, -0.1) is 0 Å². The molecule has 10 heteroatoms. The predicted octanol–water partition coefficient (Wildman–Crippen LogP) is 2.50. The fraction of sp³-hybridized carbons (Fsp3) is 0.450. The summed E-state index contributed by atoms with van der Waals surface area (Å²) in [5.41, 5.74) is 7.45. The molecule has 1 unspecified atom stereocenters. The van der Waals surface area contributed by atoms with E-state index in [0.717, 1.165) is 4.90 Å². The number of amides is 2. The molecule has 1 saturated heterocycles. The van der Waals surface area contributed by atoms with Crippen molar-refractivity contribution in [3.8, 4) is 0 Å². The maximum absolute atomic E-state index is 12.9. The van der Waals surface area contributed by atoms with Crippen LogP contribution in [-0.4, -0.2) is 56.0 Å². The van der Waals surface area contributed by atoms with Crippen molar-refractivity contribution in [2.45, 2.75) is 38.5 Å². The maximum atomic E-state index is 12.9. The Morgan fingerprint density at radius 3 is 2.53 bits per heavy atom. The Balaban J connectivity index is 2.01. The van der Waals surface area contributed by atoms with Crippen molar-refractivity contribution < 1.29 is 27.5 Å². The molecule has 2 N–H and O–H groups in total. The van der Waals surface area contributed by atoms with Gasteiger partial charge in [-0.1, -0.05) is 6.07 Å². The minimum absolute atomic E-state index is 0.0384. The number of benzene rings is 1. The number of ether oxygens (including phenoxy) is 1. The second-order valence-corrected chi connectivity index (χ2v) is 7.33. The van der Waals surface area contributed by atoms with Crippen LogP contribution in [0.25, 0.3) is 5.57 Å². The van der Waals surface area contributed by atoms with Crippen molar-refractivity contribution in [3.63, 3.8) is 0 Å². The second-order valence-electron chi connectivity index (χ2n) is 7.33. The molecule has 2 aliphatic rings. The van der Waals surface area contributed by atoms with Gasteiger partial charge < -0.3 is 20.3 Å². The second kappa shape index (κ2) is 8.47. The van der Waals surface area contributed by atoms with Crippen LogP contribution in [0.5, 0.6) is 0 Å². The number of alkyl halides is 3. The first-order valence-corrected chi connectivity index (χ1v) is 9.45. The molecule has 162 valence electrons. The number of hydrogen-bond donors (Lipinski definition) is 1. The first-order chi connectivity index (χ1) is 14.1. The van der Waals surface area contributed by atoms with Crippen LogP contribution >= 0.6 is 0 Å². The van der Waals surface area contributed by atoms with Crippen LogP contribution in [0, 0.1) is 0 Å². The highest BCUT2D eigenvalue weighted by molar-refractivity contribution is 6.11. The summed E-state index contributed by atoms with van der Waals surface area (Å²) in [4.78, 5) is 31.5. The smallest absolute Gasteiger partial charge is 0.397 e. The number of hydrogen-bond acceptors (Lipinski definition) is 5. The molecule has 7 nitrogen and oxygen atoms in total. The van der Waals surface area contributed by atoms with E-state index in [0.29, 0.717) is 30.0 Å². The molecule has 0 bridgehead atoms. The van der Waals surface area contributed by atoms with Gasteiger partial charge in [-0.3, -0.25) is 14.6 Å². The van der Waals surface area contributed by atoms with E-state index in [1.54, 1.807) is 31.3 Å². The SMILES string of the molecule is CC(=O)N1c2ccc(C(C=NC3COC3)=CN)cc2N(C(=O)CC(F)(F)F)CC1C. The lowest BCUT2D eigenvalue weighted by atomic mass is 10.0. The monoisotopic (exact) mass is 424 g/mol. The lowest BCUT2D eigenvalue weighted by molar-refractivity contribution is -0.152. The summed E-state index contributed by atoms with van der Waals surface area (Å²) in [6.07, 6.45) is -3.30. The summed E-state index contributed by atoms with van der Waals surface area (Å²) in [6, 6.07) is 4.44. The molecule has 3 rings (SSSR count). The van der Waals surface area contributed by atoms with E-state index in [4.69, 9.17) is 10.5 Å². The van der Waals surface area contributed by atoms with Gasteiger partial charge in [0, 0.05) is 31.5 Å². The molecule has 2 heterocycles. The van der Waals surface area contributed by atoms with Crippen LogP contribution < -0.4 is 15.5 Å². The summed E-state index contributed by atoms with van der Waals surface area (Å²) < 4.78 is 43.6. The number of anilines is 2. The zero-order valence-corrected chi connectivity index (χ0v) is 16.6. The number of fused-ring (bicyclic) bond motifs is 1. The third-order valence-electron chi connectivity index (χ3n) is 4.96. The molecule has 0 aliphatic carbocycles. The zero-order chi connectivity index (χ0) is 22.1. The van der Waals surface area contributed by atoms with Gasteiger partial charge in [0.1, 0.15) is 6.42 Å². The Morgan fingerprint density at radius 2 is 2.00 bits per heavy atom. The van der Waals surface area contributed by atoms with Crippen LogP contribution in [0.15, 0.2) is 29.4 Å². The molecular formula is C20H23F3N4O3. The zero-order valence-electron chi connectivity index (χ0n) is 16.6. The third kappa shape index (κ3) is 4.64. The van der Waals surface area contributed by atoms with Crippen LogP contribution in [0.2, 0.25) is 0 Å². The first kappa shape index (κ1) is 21.8. The summed E-state index contributed by atoms with van der Waals surface area (Å²) in [5, 5.41) is 0. The molecule has 30 heavy (non-hydrogen) atoms. The molecule has 0 spiro atoms. The van der Waals surface area contributed by atoms with E-state index in [1.165, 1.54) is 18.0 Å². The number of carbonyl (C=O) groups excluding carboxylic acids is 2. The number of carbonyl (C=O) groups is 2. The van der Waals surface area contributed by atoms with Crippen molar-refractivity contribution in [1.29, 1.82) is 0 Å². The molecule has 2 amide bonds. The number of nitrogens with two attached hydrogens (primary N) is 1. The van der Waals surface area contributed by atoms with Gasteiger partial charge in [0.15, 0.2) is 0 Å². The maximum Gasteiger partial charge on any atom is 0.397 e. The lowest BCUT2D eigenvalue weighted by Crippen LogP contribution is -2.52. The van der Waals surface area contributed by atoms with E-state index < -0.39 is 24.5 Å². The molecule has 1 atom stereocenters. The largest absolute Gasteiger partial charge is 0.404 e. The fourth-order valence-corrected chi connectivity index (χ4v) is 3.50. The molecule has 1 fully saturated rings. The van der Waals surface area contributed by atoms with Crippen LogP contribution in [0.4, 0.5) is 24.5 Å². The number of nitrogens with zero attached hydrogens (tertiary/aromatic N) is 3. The van der Waals surface area contributed by atoms with E-state index >= 15 is 0 Å². The Bertz CT molecular complexity index is 894. The quantitative estimate of drug-likeness (QED) is 0.753. The van der Waals surface area contributed by atoms with Crippen molar-refractivity contribution in [2.24, 2.45) is 10.7 Å². The Labute approximate surface area is 172 Å². The van der Waals surface area contributed by atoms with Gasteiger partial charge in [0.25, 0.3) is 0 Å². The van der Waals surface area contributed by atoms with Gasteiger partial charge in [0.2, 0.25) is 11.8 Å². The average Bonchev–Trinajstić information content (AvgIpc) is 2.61. The fourth-order valence-electron chi connectivity index (χ4n) is 3.50. The summed E-state index contributed by atoms with van der Waals surface area (Å²) >= 11 is 0. The Morgan fingerprint density at radius 1 is 1.30 bits per heavy atom. The Hall–Kier alpha value is -2.88. The predicted molar refractivity (Wildman–Crippen MR) is 107 cm³/mol. The Kier molecular flexibility index (Phi) is 6.16. The van der Waals surface area contributed by atoms with Crippen molar-refractivity contribution in [2.75, 3.05) is 29.6 Å². The highest BCUT2D eigenvalue weighted by Gasteiger charge is 2.39. The molecule has 0 saturated carbocycles. The highest BCUT2D eigenvalue weighted by atomic mass is 19.4. The minimum atomic E-state index is -4.63. The van der Waals surface area contributed by atoms with E-state index in [1.807, 2.05) is 0 Å². The number of halogens is 3. The van der Waals surface area contributed by atoms with Crippen molar-refractivity contribution >= 4 is 35.0 Å². The summed E-state index contributed by atoms with van der Waals surface area (Å²) in [7, 11) is 0. The standard InChI is InChI=1S/C20H23F3N4O3/c1-12-9-26(19(29)6-20(21,22)23)18-5-14(3-4-17(18)27(12)13(2)28)15(7-24)8-25-16-10-30-11-16/h3-5,7-8,12,16H,6,9-11,24H2,1-2H3. The minimum Gasteiger partial charge on any atom is -0.404 e. The molecule has 1 aromatic carbocycles. The third-order valence-corrected chi connectivity index (χ3v) is 4.96. The number of rotatable bonds is 4. The van der Waals surface area contributed by atoms with Gasteiger partial charge in [-0.2, -0.15) is 13.2 Å². The first-order valence-electron chi connectivity index (χ1n) is 9.45. The van der Waals surface area contributed by atoms with Gasteiger partial charge >= 0.3 is 6.18 Å².